The van der Waals surface area contributed by atoms with Crippen LogP contribution in [0.15, 0.2) is 12.3 Å². The summed E-state index contributed by atoms with van der Waals surface area (Å²) in [5, 5.41) is 10.8. The predicted molar refractivity (Wildman–Crippen MR) is 101 cm³/mol. The quantitative estimate of drug-likeness (QED) is 0.386. The summed E-state index contributed by atoms with van der Waals surface area (Å²) in [7, 11) is 1.16. The molecule has 2 aromatic rings. The number of piperidine rings is 1. The molecule has 2 aliphatic rings. The number of methoxy groups -OCH3 is 1. The highest BCUT2D eigenvalue weighted by Crippen LogP contribution is 2.36. The van der Waals surface area contributed by atoms with Crippen molar-refractivity contribution in [3.63, 3.8) is 0 Å². The molecule has 0 amide bonds. The van der Waals surface area contributed by atoms with Gasteiger partial charge < -0.3 is 24.3 Å². The topological polar surface area (TPSA) is 91.9 Å². The van der Waals surface area contributed by atoms with Crippen LogP contribution in [0.3, 0.4) is 0 Å². The summed E-state index contributed by atoms with van der Waals surface area (Å²) in [4.78, 5) is 16.3. The average molecular weight is 442 g/mol. The predicted octanol–water partition coefficient (Wildman–Crippen LogP) is 2.91. The van der Waals surface area contributed by atoms with Gasteiger partial charge in [0.15, 0.2) is 23.1 Å². The molecule has 0 N–H and O–H groups in total. The number of benzene rings is 1. The Morgan fingerprint density at radius 2 is 2.03 bits per heavy atom. The van der Waals surface area contributed by atoms with Crippen molar-refractivity contribution in [2.24, 2.45) is 0 Å². The smallest absolute Gasteiger partial charge is 0.415 e. The van der Waals surface area contributed by atoms with Crippen LogP contribution in [-0.4, -0.2) is 57.8 Å². The third-order valence-corrected chi connectivity index (χ3v) is 5.43. The third-order valence-electron chi connectivity index (χ3n) is 5.43. The number of imidazole rings is 1. The first-order valence-electron chi connectivity index (χ1n) is 9.70. The molecule has 1 atom stereocenters. The molecule has 31 heavy (non-hydrogen) atoms. The molecule has 1 fully saturated rings. The van der Waals surface area contributed by atoms with Crippen LogP contribution in [0.4, 0.5) is 19.0 Å². The maximum absolute atomic E-state index is 13.9. The Bertz CT molecular complexity index is 983. The first kappa shape index (κ1) is 21.2. The van der Waals surface area contributed by atoms with Crippen molar-refractivity contribution in [2.75, 3.05) is 26.7 Å². The molecule has 0 spiro atoms. The monoisotopic (exact) mass is 442 g/mol. The molecule has 0 unspecified atom stereocenters. The largest absolute Gasteiger partial charge is 0.490 e. The molecule has 3 heterocycles. The van der Waals surface area contributed by atoms with E-state index in [1.807, 2.05) is 6.92 Å². The summed E-state index contributed by atoms with van der Waals surface area (Å²) in [6.45, 7) is 4.19. The van der Waals surface area contributed by atoms with Crippen LogP contribution in [0.2, 0.25) is 0 Å². The normalized spacial score (nSPS) is 21.6. The molecule has 168 valence electrons. The molecule has 1 aromatic heterocycles. The van der Waals surface area contributed by atoms with Crippen molar-refractivity contribution >= 4 is 5.82 Å². The highest BCUT2D eigenvalue weighted by Gasteiger charge is 2.42. The van der Waals surface area contributed by atoms with E-state index in [1.54, 1.807) is 4.57 Å². The number of nitrogens with zero attached hydrogens (tertiary/aromatic N) is 4. The number of aromatic nitrogens is 2. The summed E-state index contributed by atoms with van der Waals surface area (Å²) in [6, 6.07) is 1.01. The molecule has 0 saturated carbocycles. The van der Waals surface area contributed by atoms with Crippen molar-refractivity contribution in [3.8, 4) is 17.5 Å². The minimum Gasteiger partial charge on any atom is -0.490 e. The molecule has 0 radical (unpaired) electrons. The van der Waals surface area contributed by atoms with Gasteiger partial charge in [0.25, 0.3) is 0 Å². The minimum atomic E-state index is -1.60. The first-order chi connectivity index (χ1) is 14.7. The first-order valence-corrected chi connectivity index (χ1v) is 9.70. The lowest BCUT2D eigenvalue weighted by molar-refractivity contribution is -0.389. The van der Waals surface area contributed by atoms with Gasteiger partial charge in [0.1, 0.15) is 17.9 Å². The van der Waals surface area contributed by atoms with Crippen molar-refractivity contribution in [3.05, 3.63) is 39.8 Å². The number of likely N-dealkylation sites (tertiary alicyclic amines) is 1. The van der Waals surface area contributed by atoms with Crippen molar-refractivity contribution in [2.45, 2.75) is 38.0 Å². The van der Waals surface area contributed by atoms with E-state index >= 15 is 0 Å². The van der Waals surface area contributed by atoms with Gasteiger partial charge in [0, 0.05) is 30.7 Å². The molecule has 4 rings (SSSR count). The van der Waals surface area contributed by atoms with Crippen LogP contribution >= 0.6 is 0 Å². The zero-order valence-corrected chi connectivity index (χ0v) is 16.9. The molecule has 1 aromatic carbocycles. The van der Waals surface area contributed by atoms with Gasteiger partial charge in [-0.1, -0.05) is 0 Å². The van der Waals surface area contributed by atoms with Crippen LogP contribution < -0.4 is 14.2 Å². The maximum Gasteiger partial charge on any atom is 0.415 e. The van der Waals surface area contributed by atoms with Crippen LogP contribution in [-0.2, 0) is 6.54 Å². The fourth-order valence-electron chi connectivity index (χ4n) is 4.04. The van der Waals surface area contributed by atoms with E-state index in [2.05, 4.69) is 9.88 Å². The number of ether oxygens (including phenoxy) is 3. The zero-order valence-electron chi connectivity index (χ0n) is 16.9. The molecule has 0 aliphatic carbocycles. The standard InChI is InChI=1S/C19H21F3N4O5/c1-19(10-25-8-14(26(27)28)23-18(25)31-19)9-24-5-3-11(4-6-24)30-13-7-12(20)15(21)16(22)17(13)29-2/h7-8,11H,3-6,9-10H2,1-2H3/t19-/m0/s1. The summed E-state index contributed by atoms with van der Waals surface area (Å²) in [6.07, 6.45) is 2.20. The molecule has 12 heteroatoms. The van der Waals surface area contributed by atoms with Crippen LogP contribution in [0, 0.1) is 27.6 Å². The van der Waals surface area contributed by atoms with Crippen molar-refractivity contribution < 1.29 is 32.3 Å². The molecule has 1 saturated heterocycles. The Morgan fingerprint density at radius 1 is 1.32 bits per heavy atom. The Labute approximate surface area is 175 Å². The Balaban J connectivity index is 1.33. The molecular formula is C19H21F3N4O5. The Hall–Kier alpha value is -3.02. The Morgan fingerprint density at radius 3 is 2.65 bits per heavy atom. The zero-order chi connectivity index (χ0) is 22.3. The fourth-order valence-corrected chi connectivity index (χ4v) is 4.04. The summed E-state index contributed by atoms with van der Waals surface area (Å²) >= 11 is 0. The lowest BCUT2D eigenvalue weighted by atomic mass is 10.0. The second kappa shape index (κ2) is 7.91. The number of hydrogen-bond acceptors (Lipinski definition) is 7. The van der Waals surface area contributed by atoms with Crippen molar-refractivity contribution in [1.29, 1.82) is 0 Å². The molecule has 9 nitrogen and oxygen atoms in total. The van der Waals surface area contributed by atoms with Gasteiger partial charge in [0.05, 0.1) is 13.7 Å². The number of rotatable bonds is 6. The maximum atomic E-state index is 13.9. The highest BCUT2D eigenvalue weighted by molar-refractivity contribution is 5.42. The summed E-state index contributed by atoms with van der Waals surface area (Å²) in [5.41, 5.74) is -0.586. The number of fused-ring (bicyclic) bond motifs is 1. The fraction of sp³-hybridized carbons (Fsp3) is 0.526. The molecule has 2 aliphatic heterocycles. The van der Waals surface area contributed by atoms with E-state index in [0.717, 1.165) is 13.2 Å². The second-order valence-electron chi connectivity index (χ2n) is 7.93. The highest BCUT2D eigenvalue weighted by atomic mass is 19.2. The van der Waals surface area contributed by atoms with E-state index in [9.17, 15) is 23.3 Å². The number of halogens is 3. The summed E-state index contributed by atoms with van der Waals surface area (Å²) < 4.78 is 58.9. The summed E-state index contributed by atoms with van der Waals surface area (Å²) in [5.74, 6) is -5.24. The SMILES string of the molecule is COc1c(OC2CCN(C[C@@]3(C)Cn4cc([N+](=O)[O-])nc4O3)CC2)cc(F)c(F)c1F. The van der Waals surface area contributed by atoms with Gasteiger partial charge in [-0.3, -0.25) is 9.47 Å². The van der Waals surface area contributed by atoms with E-state index in [1.165, 1.54) is 6.20 Å². The lowest BCUT2D eigenvalue weighted by Gasteiger charge is -2.36. The minimum absolute atomic E-state index is 0.171. The van der Waals surface area contributed by atoms with Gasteiger partial charge in [-0.15, -0.1) is 0 Å². The Kier molecular flexibility index (Phi) is 5.42. The molecule has 0 bridgehead atoms. The van der Waals surface area contributed by atoms with E-state index in [4.69, 9.17) is 14.2 Å². The van der Waals surface area contributed by atoms with E-state index < -0.39 is 33.7 Å². The van der Waals surface area contributed by atoms with Crippen LogP contribution in [0.5, 0.6) is 17.5 Å². The van der Waals surface area contributed by atoms with E-state index in [-0.39, 0.29) is 23.7 Å². The van der Waals surface area contributed by atoms with Gasteiger partial charge in [-0.2, -0.15) is 4.39 Å². The van der Waals surface area contributed by atoms with Gasteiger partial charge >= 0.3 is 11.8 Å². The third kappa shape index (κ3) is 4.11. The lowest BCUT2D eigenvalue weighted by Crippen LogP contribution is -2.48. The van der Waals surface area contributed by atoms with Gasteiger partial charge in [-0.25, -0.2) is 8.78 Å². The second-order valence-corrected chi connectivity index (χ2v) is 7.93. The number of hydrogen-bond donors (Lipinski definition) is 0. The van der Waals surface area contributed by atoms with Crippen LogP contribution in [0.25, 0.3) is 0 Å². The number of nitro groups is 1. The molecular weight excluding hydrogens is 421 g/mol. The van der Waals surface area contributed by atoms with Crippen LogP contribution in [0.1, 0.15) is 19.8 Å². The van der Waals surface area contributed by atoms with E-state index in [0.29, 0.717) is 39.0 Å². The van der Waals surface area contributed by atoms with Gasteiger partial charge in [-0.05, 0) is 24.7 Å². The van der Waals surface area contributed by atoms with Crippen molar-refractivity contribution in [1.82, 2.24) is 14.5 Å². The van der Waals surface area contributed by atoms with Gasteiger partial charge in [0.2, 0.25) is 5.82 Å². The average Bonchev–Trinajstić information content (AvgIpc) is 3.23.